The lowest BCUT2D eigenvalue weighted by molar-refractivity contribution is 0.102. The summed E-state index contributed by atoms with van der Waals surface area (Å²) in [5.41, 5.74) is 6.56. The summed E-state index contributed by atoms with van der Waals surface area (Å²) in [6.07, 6.45) is 4.11. The van der Waals surface area contributed by atoms with Gasteiger partial charge in [-0.1, -0.05) is 0 Å². The van der Waals surface area contributed by atoms with E-state index in [2.05, 4.69) is 20.2 Å². The van der Waals surface area contributed by atoms with Crippen molar-refractivity contribution in [2.24, 2.45) is 5.73 Å². The van der Waals surface area contributed by atoms with Crippen LogP contribution in [0.25, 0.3) is 0 Å². The molecule has 2 aromatic rings. The van der Waals surface area contributed by atoms with Gasteiger partial charge in [-0.05, 0) is 25.0 Å². The number of carbonyl (C=O) groups is 1. The molecule has 1 amide bonds. The predicted octanol–water partition coefficient (Wildman–Crippen LogP) is 1.85. The molecule has 0 aromatic carbocycles. The number of rotatable bonds is 4. The average molecular weight is 303 g/mol. The van der Waals surface area contributed by atoms with Crippen LogP contribution in [0.3, 0.4) is 0 Å². The topological polar surface area (TPSA) is 84.1 Å². The third-order valence-electron chi connectivity index (χ3n) is 3.39. The number of nitrogens with two attached hydrogens (primary N) is 1. The summed E-state index contributed by atoms with van der Waals surface area (Å²) in [6.45, 7) is 2.46. The number of nitrogens with zero attached hydrogens (tertiary/aromatic N) is 3. The lowest BCUT2D eigenvalue weighted by Crippen LogP contribution is -2.19. The summed E-state index contributed by atoms with van der Waals surface area (Å²) >= 11 is 1.39. The quantitative estimate of drug-likeness (QED) is 0.900. The Morgan fingerprint density at radius 1 is 1.38 bits per heavy atom. The molecule has 1 aliphatic heterocycles. The van der Waals surface area contributed by atoms with Crippen LogP contribution in [-0.2, 0) is 6.54 Å². The van der Waals surface area contributed by atoms with Crippen molar-refractivity contribution >= 4 is 28.7 Å². The van der Waals surface area contributed by atoms with E-state index in [1.165, 1.54) is 24.2 Å². The Bertz CT molecular complexity index is 619. The summed E-state index contributed by atoms with van der Waals surface area (Å²) < 4.78 is 0. The van der Waals surface area contributed by atoms with E-state index in [0.717, 1.165) is 23.9 Å². The average Bonchev–Trinajstić information content (AvgIpc) is 3.19. The maximum absolute atomic E-state index is 12.0. The molecule has 0 spiro atoms. The fourth-order valence-electron chi connectivity index (χ4n) is 2.30. The zero-order valence-electron chi connectivity index (χ0n) is 11.6. The van der Waals surface area contributed by atoms with Gasteiger partial charge < -0.3 is 16.0 Å². The molecule has 0 aliphatic carbocycles. The van der Waals surface area contributed by atoms with Gasteiger partial charge in [-0.25, -0.2) is 9.97 Å². The van der Waals surface area contributed by atoms with Crippen LogP contribution >= 0.6 is 11.3 Å². The van der Waals surface area contributed by atoms with Gasteiger partial charge in [-0.2, -0.15) is 0 Å². The van der Waals surface area contributed by atoms with E-state index in [1.807, 2.05) is 12.1 Å². The molecule has 1 aliphatic rings. The Labute approximate surface area is 127 Å². The summed E-state index contributed by atoms with van der Waals surface area (Å²) in [6, 6.07) is 3.81. The molecule has 1 saturated heterocycles. The van der Waals surface area contributed by atoms with E-state index in [9.17, 15) is 4.79 Å². The van der Waals surface area contributed by atoms with Crippen molar-refractivity contribution < 1.29 is 4.79 Å². The maximum Gasteiger partial charge on any atom is 0.275 e. The van der Waals surface area contributed by atoms with Crippen molar-refractivity contribution in [2.45, 2.75) is 19.4 Å². The van der Waals surface area contributed by atoms with E-state index >= 15 is 0 Å². The van der Waals surface area contributed by atoms with Crippen LogP contribution in [0.1, 0.15) is 28.3 Å². The number of thiazole rings is 1. The van der Waals surface area contributed by atoms with Crippen molar-refractivity contribution in [3.8, 4) is 0 Å². The van der Waals surface area contributed by atoms with Crippen LogP contribution < -0.4 is 16.0 Å². The smallest absolute Gasteiger partial charge is 0.275 e. The van der Waals surface area contributed by atoms with E-state index in [1.54, 1.807) is 11.6 Å². The summed E-state index contributed by atoms with van der Waals surface area (Å²) in [5, 5.41) is 5.26. The predicted molar refractivity (Wildman–Crippen MR) is 83.6 cm³/mol. The number of anilines is 2. The Morgan fingerprint density at radius 2 is 2.19 bits per heavy atom. The Kier molecular flexibility index (Phi) is 4.12. The summed E-state index contributed by atoms with van der Waals surface area (Å²) in [4.78, 5) is 22.8. The van der Waals surface area contributed by atoms with Gasteiger partial charge in [-0.15, -0.1) is 11.3 Å². The molecule has 0 unspecified atom stereocenters. The second kappa shape index (κ2) is 6.19. The zero-order chi connectivity index (χ0) is 14.7. The second-order valence-electron chi connectivity index (χ2n) is 4.88. The molecule has 0 radical (unpaired) electrons. The fraction of sp³-hybridized carbons (Fsp3) is 0.357. The van der Waals surface area contributed by atoms with Crippen LogP contribution in [0.5, 0.6) is 0 Å². The first-order valence-electron chi connectivity index (χ1n) is 6.93. The third kappa shape index (κ3) is 3.20. The molecule has 110 valence electrons. The molecule has 1 fully saturated rings. The van der Waals surface area contributed by atoms with Crippen molar-refractivity contribution in [1.29, 1.82) is 0 Å². The van der Waals surface area contributed by atoms with Crippen LogP contribution in [0.4, 0.5) is 11.5 Å². The van der Waals surface area contributed by atoms with Crippen LogP contribution in [0.15, 0.2) is 23.7 Å². The first-order chi connectivity index (χ1) is 10.3. The van der Waals surface area contributed by atoms with Crippen LogP contribution in [0.2, 0.25) is 0 Å². The highest BCUT2D eigenvalue weighted by molar-refractivity contribution is 7.09. The number of nitrogens with one attached hydrogen (secondary N) is 1. The minimum Gasteiger partial charge on any atom is -0.357 e. The molecule has 0 bridgehead atoms. The van der Waals surface area contributed by atoms with Crippen LogP contribution in [0, 0.1) is 0 Å². The minimum atomic E-state index is -0.235. The van der Waals surface area contributed by atoms with Gasteiger partial charge in [0.1, 0.15) is 16.5 Å². The SMILES string of the molecule is NCc1nc(C(=O)Nc2ccc(N3CCCC3)nc2)cs1. The van der Waals surface area contributed by atoms with E-state index in [4.69, 9.17) is 5.73 Å². The van der Waals surface area contributed by atoms with Crippen molar-refractivity contribution in [3.05, 3.63) is 34.4 Å². The zero-order valence-corrected chi connectivity index (χ0v) is 12.4. The number of hydrogen-bond donors (Lipinski definition) is 2. The number of hydrogen-bond acceptors (Lipinski definition) is 6. The number of aromatic nitrogens is 2. The summed E-state index contributed by atoms with van der Waals surface area (Å²) in [5.74, 6) is 0.728. The highest BCUT2D eigenvalue weighted by Gasteiger charge is 2.14. The highest BCUT2D eigenvalue weighted by Crippen LogP contribution is 2.19. The lowest BCUT2D eigenvalue weighted by Gasteiger charge is -2.16. The molecular formula is C14H17N5OS. The van der Waals surface area contributed by atoms with Gasteiger partial charge in [0.25, 0.3) is 5.91 Å². The van der Waals surface area contributed by atoms with E-state index in [0.29, 0.717) is 17.9 Å². The van der Waals surface area contributed by atoms with Gasteiger partial charge >= 0.3 is 0 Å². The maximum atomic E-state index is 12.0. The van der Waals surface area contributed by atoms with Crippen molar-refractivity contribution in [2.75, 3.05) is 23.3 Å². The van der Waals surface area contributed by atoms with E-state index < -0.39 is 0 Å². The van der Waals surface area contributed by atoms with Gasteiger partial charge in [0.15, 0.2) is 0 Å². The highest BCUT2D eigenvalue weighted by atomic mass is 32.1. The van der Waals surface area contributed by atoms with Gasteiger partial charge in [0.05, 0.1) is 11.9 Å². The second-order valence-corrected chi connectivity index (χ2v) is 5.83. The lowest BCUT2D eigenvalue weighted by atomic mass is 10.3. The molecule has 7 heteroatoms. The molecule has 2 aromatic heterocycles. The molecular weight excluding hydrogens is 286 g/mol. The number of pyridine rings is 1. The fourth-order valence-corrected chi connectivity index (χ4v) is 2.95. The monoisotopic (exact) mass is 303 g/mol. The molecule has 3 heterocycles. The molecule has 6 nitrogen and oxygen atoms in total. The molecule has 21 heavy (non-hydrogen) atoms. The molecule has 3 rings (SSSR count). The van der Waals surface area contributed by atoms with Crippen molar-refractivity contribution in [3.63, 3.8) is 0 Å². The summed E-state index contributed by atoms with van der Waals surface area (Å²) in [7, 11) is 0. The minimum absolute atomic E-state index is 0.235. The van der Waals surface area contributed by atoms with Gasteiger partial charge in [0, 0.05) is 25.0 Å². The molecule has 0 atom stereocenters. The van der Waals surface area contributed by atoms with Gasteiger partial charge in [-0.3, -0.25) is 4.79 Å². The Morgan fingerprint density at radius 3 is 2.81 bits per heavy atom. The standard InChI is InChI=1S/C14H17N5OS/c15-7-13-18-11(9-21-13)14(20)17-10-3-4-12(16-8-10)19-5-1-2-6-19/h3-4,8-9H,1-2,5-7,15H2,(H,17,20). The van der Waals surface area contributed by atoms with E-state index in [-0.39, 0.29) is 5.91 Å². The molecule has 0 saturated carbocycles. The third-order valence-corrected chi connectivity index (χ3v) is 4.27. The molecule has 3 N–H and O–H groups in total. The largest absolute Gasteiger partial charge is 0.357 e. The normalized spacial score (nSPS) is 14.4. The first kappa shape index (κ1) is 14.0. The number of amides is 1. The Hall–Kier alpha value is -1.99. The Balaban J connectivity index is 1.65. The first-order valence-corrected chi connectivity index (χ1v) is 7.81. The number of carbonyl (C=O) groups excluding carboxylic acids is 1. The van der Waals surface area contributed by atoms with Gasteiger partial charge in [0.2, 0.25) is 0 Å². The van der Waals surface area contributed by atoms with Crippen molar-refractivity contribution in [1.82, 2.24) is 9.97 Å². The van der Waals surface area contributed by atoms with Crippen LogP contribution in [-0.4, -0.2) is 29.0 Å².